The molecule has 4 rings (SSSR count). The number of fused-ring (bicyclic) bond motifs is 1. The van der Waals surface area contributed by atoms with Gasteiger partial charge in [-0.05, 0) is 42.3 Å². The van der Waals surface area contributed by atoms with Gasteiger partial charge in [0.15, 0.2) is 5.82 Å². The fraction of sp³-hybridized carbons (Fsp3) is 0.130. The predicted octanol–water partition coefficient (Wildman–Crippen LogP) is 5.54. The summed E-state index contributed by atoms with van der Waals surface area (Å²) in [5.74, 6) is -4.57. The van der Waals surface area contributed by atoms with Crippen molar-refractivity contribution < 1.29 is 24.7 Å². The molecule has 0 atom stereocenters. The molecule has 0 aliphatic heterocycles. The van der Waals surface area contributed by atoms with Gasteiger partial charge in [-0.25, -0.2) is 22.2 Å². The van der Waals surface area contributed by atoms with Gasteiger partial charge in [-0.15, -0.1) is 0 Å². The smallest absolute Gasteiger partial charge is 0.232 e. The number of benzene rings is 2. The normalized spacial score (nSPS) is 13.0. The summed E-state index contributed by atoms with van der Waals surface area (Å²) in [6.07, 6.45) is 0.742. The lowest BCUT2D eigenvalue weighted by atomic mass is 10.00. The van der Waals surface area contributed by atoms with Gasteiger partial charge in [0.2, 0.25) is 15.8 Å². The van der Waals surface area contributed by atoms with Crippen LogP contribution in [-0.4, -0.2) is 29.9 Å². The zero-order chi connectivity index (χ0) is 25.5. The molecule has 2 heterocycles. The zero-order valence-electron chi connectivity index (χ0n) is 19.1. The number of nitrogens with one attached hydrogen (secondary N) is 2. The van der Waals surface area contributed by atoms with E-state index in [1.54, 1.807) is 36.5 Å². The van der Waals surface area contributed by atoms with Crippen LogP contribution in [0.1, 0.15) is 32.0 Å². The van der Waals surface area contributed by atoms with Crippen LogP contribution in [0.2, 0.25) is 5.02 Å². The number of carbonyl (C=O) groups excluding carboxylic acids is 1. The summed E-state index contributed by atoms with van der Waals surface area (Å²) in [4.78, 5) is 20.3. The number of halogens is 3. The molecule has 0 fully saturated rings. The Morgan fingerprint density at radius 3 is 2.61 bits per heavy atom. The van der Waals surface area contributed by atoms with E-state index in [0.717, 1.165) is 24.6 Å². The number of pyridine rings is 1. The maximum atomic E-state index is 15.2. The maximum absolute atomic E-state index is 15.2. The molecule has 0 spiro atoms. The Hall–Kier alpha value is -3.30. The Labute approximate surface area is 196 Å². The lowest BCUT2D eigenvalue weighted by Gasteiger charge is -2.11. The molecule has 4 aromatic rings. The first-order chi connectivity index (χ1) is 16.3. The van der Waals surface area contributed by atoms with Crippen molar-refractivity contribution in [1.29, 1.82) is 0 Å². The van der Waals surface area contributed by atoms with Gasteiger partial charge < -0.3 is 4.98 Å². The molecule has 0 aliphatic carbocycles. The van der Waals surface area contributed by atoms with E-state index in [-0.39, 0.29) is 5.56 Å². The standard InChI is InChI=1S/C23H18ClF2N3O3S/c1-2-9-33(31,32)29-19-8-7-18(25)20(21(19)26)22(30)17-12-28-23-16(17)10-14(11-27-23)13-3-5-15(24)6-4-13/h3-8,10-12,29H,2,9H2,1H3,(H,27,28)/i2D2. The highest BCUT2D eigenvalue weighted by Crippen LogP contribution is 2.30. The van der Waals surface area contributed by atoms with Gasteiger partial charge in [0, 0.05) is 36.7 Å². The number of H-pyrrole nitrogens is 1. The van der Waals surface area contributed by atoms with Crippen LogP contribution in [0.5, 0.6) is 0 Å². The van der Waals surface area contributed by atoms with Crippen molar-refractivity contribution in [3.8, 4) is 11.1 Å². The number of sulfonamides is 1. The molecule has 0 unspecified atom stereocenters. The van der Waals surface area contributed by atoms with Gasteiger partial charge in [0.05, 0.1) is 17.0 Å². The molecule has 33 heavy (non-hydrogen) atoms. The summed E-state index contributed by atoms with van der Waals surface area (Å²) < 4.78 is 71.0. The Morgan fingerprint density at radius 2 is 1.91 bits per heavy atom. The monoisotopic (exact) mass is 491 g/mol. The summed E-state index contributed by atoms with van der Waals surface area (Å²) in [5, 5.41) is 0.850. The molecule has 0 aliphatic rings. The van der Waals surface area contributed by atoms with Crippen LogP contribution in [0.15, 0.2) is 54.9 Å². The molecule has 6 nitrogen and oxygen atoms in total. The third-order valence-electron chi connectivity index (χ3n) is 4.87. The molecule has 0 bridgehead atoms. The predicted molar refractivity (Wildman–Crippen MR) is 124 cm³/mol. The number of carbonyl (C=O) groups is 1. The third-order valence-corrected chi connectivity index (χ3v) is 6.32. The van der Waals surface area contributed by atoms with Crippen molar-refractivity contribution in [1.82, 2.24) is 9.97 Å². The fourth-order valence-electron chi connectivity index (χ4n) is 3.36. The van der Waals surface area contributed by atoms with Crippen LogP contribution in [0, 0.1) is 11.6 Å². The molecule has 2 aromatic heterocycles. The molecule has 0 saturated heterocycles. The van der Waals surface area contributed by atoms with E-state index >= 15 is 4.39 Å². The molecule has 0 radical (unpaired) electrons. The Kier molecular flexibility index (Phi) is 5.49. The van der Waals surface area contributed by atoms with E-state index in [9.17, 15) is 17.6 Å². The van der Waals surface area contributed by atoms with Gasteiger partial charge in [-0.2, -0.15) is 0 Å². The first-order valence-corrected chi connectivity index (χ1v) is 11.6. The number of nitrogens with zero attached hydrogens (tertiary/aromatic N) is 1. The van der Waals surface area contributed by atoms with Crippen LogP contribution < -0.4 is 4.72 Å². The Morgan fingerprint density at radius 1 is 1.18 bits per heavy atom. The number of rotatable bonds is 7. The summed E-state index contributed by atoms with van der Waals surface area (Å²) >= 11 is 5.93. The number of ketones is 1. The summed E-state index contributed by atoms with van der Waals surface area (Å²) in [6, 6.07) is 10.1. The second-order valence-corrected chi connectivity index (χ2v) is 9.32. The molecule has 10 heteroatoms. The average Bonchev–Trinajstić information content (AvgIpc) is 3.18. The summed E-state index contributed by atoms with van der Waals surface area (Å²) in [7, 11) is -4.32. The summed E-state index contributed by atoms with van der Waals surface area (Å²) in [6.45, 7) is 1.05. The Bertz CT molecular complexity index is 1550. The number of anilines is 1. The minimum absolute atomic E-state index is 0.0639. The first kappa shape index (κ1) is 20.3. The molecular formula is C23H18ClF2N3O3S. The van der Waals surface area contributed by atoms with Crippen molar-refractivity contribution in [2.24, 2.45) is 0 Å². The lowest BCUT2D eigenvalue weighted by molar-refractivity contribution is 0.103. The van der Waals surface area contributed by atoms with E-state index in [1.165, 1.54) is 6.20 Å². The maximum Gasteiger partial charge on any atom is 0.232 e. The molecule has 2 N–H and O–H groups in total. The minimum Gasteiger partial charge on any atom is -0.345 e. The zero-order valence-corrected chi connectivity index (χ0v) is 18.7. The van der Waals surface area contributed by atoms with Crippen LogP contribution in [0.3, 0.4) is 0 Å². The van der Waals surface area contributed by atoms with Crippen LogP contribution in [0.25, 0.3) is 22.2 Å². The number of hydrogen-bond acceptors (Lipinski definition) is 4. The molecule has 0 amide bonds. The SMILES string of the molecule is [2H]C([2H])(C)CS(=O)(=O)Nc1ccc(F)c(C(=O)c2c[nH]c3ncc(-c4ccc(Cl)cc4)cc23)c1F. The average molecular weight is 492 g/mol. The van der Waals surface area contributed by atoms with Crippen LogP contribution in [0.4, 0.5) is 14.5 Å². The highest BCUT2D eigenvalue weighted by Gasteiger charge is 2.26. The third kappa shape index (κ3) is 4.60. The second-order valence-electron chi connectivity index (χ2n) is 7.16. The van der Waals surface area contributed by atoms with Gasteiger partial charge >= 0.3 is 0 Å². The quantitative estimate of drug-likeness (QED) is 0.332. The summed E-state index contributed by atoms with van der Waals surface area (Å²) in [5.41, 5.74) is 0.0216. The van der Waals surface area contributed by atoms with E-state index in [0.29, 0.717) is 21.6 Å². The molecular weight excluding hydrogens is 472 g/mol. The lowest BCUT2D eigenvalue weighted by Crippen LogP contribution is -2.18. The van der Waals surface area contributed by atoms with E-state index in [1.807, 2.05) is 4.72 Å². The van der Waals surface area contributed by atoms with E-state index in [2.05, 4.69) is 9.97 Å². The van der Waals surface area contributed by atoms with Crippen molar-refractivity contribution >= 4 is 44.1 Å². The topological polar surface area (TPSA) is 91.9 Å². The van der Waals surface area contributed by atoms with Crippen LogP contribution in [-0.2, 0) is 10.0 Å². The second kappa shape index (κ2) is 8.92. The number of aromatic amines is 1. The molecule has 170 valence electrons. The first-order valence-electron chi connectivity index (χ1n) is 10.6. The largest absolute Gasteiger partial charge is 0.345 e. The van der Waals surface area contributed by atoms with Crippen molar-refractivity contribution in [2.45, 2.75) is 13.3 Å². The van der Waals surface area contributed by atoms with Crippen LogP contribution >= 0.6 is 11.6 Å². The van der Waals surface area contributed by atoms with Crippen molar-refractivity contribution in [2.75, 3.05) is 10.5 Å². The molecule has 2 aromatic carbocycles. The van der Waals surface area contributed by atoms with Gasteiger partial charge in [-0.1, -0.05) is 30.7 Å². The van der Waals surface area contributed by atoms with Gasteiger partial charge in [-0.3, -0.25) is 9.52 Å². The highest BCUT2D eigenvalue weighted by atomic mass is 35.5. The molecule has 0 saturated carbocycles. The van der Waals surface area contributed by atoms with E-state index in [4.69, 9.17) is 14.3 Å². The number of hydrogen-bond donors (Lipinski definition) is 2. The van der Waals surface area contributed by atoms with Crippen molar-refractivity contribution in [3.05, 3.63) is 82.6 Å². The fourth-order valence-corrected chi connectivity index (χ4v) is 4.43. The number of aromatic nitrogens is 2. The minimum atomic E-state index is -4.32. The van der Waals surface area contributed by atoms with Crippen molar-refractivity contribution in [3.63, 3.8) is 0 Å². The van der Waals surface area contributed by atoms with E-state index < -0.39 is 50.8 Å². The Balaban J connectivity index is 1.75. The van der Waals surface area contributed by atoms with Gasteiger partial charge in [0.25, 0.3) is 0 Å². The van der Waals surface area contributed by atoms with Gasteiger partial charge in [0.1, 0.15) is 11.5 Å². The highest BCUT2D eigenvalue weighted by molar-refractivity contribution is 7.92.